The van der Waals surface area contributed by atoms with Crippen LogP contribution in [0.3, 0.4) is 0 Å². The van der Waals surface area contributed by atoms with E-state index in [1.165, 1.54) is 0 Å². The Morgan fingerprint density at radius 3 is 2.32 bits per heavy atom. The van der Waals surface area contributed by atoms with Crippen molar-refractivity contribution in [2.75, 3.05) is 13.1 Å². The molecule has 0 aromatic carbocycles. The van der Waals surface area contributed by atoms with E-state index in [4.69, 9.17) is 9.52 Å². The number of hydrogen-bond donors (Lipinski definition) is 3. The molecule has 2 heterocycles. The highest BCUT2D eigenvalue weighted by atomic mass is 79.9. The van der Waals surface area contributed by atoms with Crippen LogP contribution >= 0.6 is 15.9 Å². The van der Waals surface area contributed by atoms with E-state index >= 15 is 0 Å². The van der Waals surface area contributed by atoms with Crippen molar-refractivity contribution in [2.24, 2.45) is 0 Å². The molecule has 10 heteroatoms. The zero-order valence-electron chi connectivity index (χ0n) is 9.35. The third kappa shape index (κ3) is 2.54. The zero-order chi connectivity index (χ0) is 14.4. The zero-order valence-corrected chi connectivity index (χ0v) is 11.8. The molecule has 0 aliphatic carbocycles. The maximum atomic E-state index is 12.2. The molecule has 8 nitrogen and oxygen atoms in total. The van der Waals surface area contributed by atoms with Crippen molar-refractivity contribution in [2.45, 2.75) is 17.1 Å². The average molecular weight is 356 g/mol. The predicted octanol–water partition coefficient (Wildman–Crippen LogP) is -0.534. The Kier molecular flexibility index (Phi) is 3.71. The molecule has 1 aromatic rings. The fourth-order valence-corrected chi connectivity index (χ4v) is 4.08. The van der Waals surface area contributed by atoms with Crippen molar-refractivity contribution in [1.29, 1.82) is 0 Å². The summed E-state index contributed by atoms with van der Waals surface area (Å²) in [6, 6.07) is 0.874. The van der Waals surface area contributed by atoms with Gasteiger partial charge < -0.3 is 19.7 Å². The van der Waals surface area contributed by atoms with Crippen molar-refractivity contribution in [1.82, 2.24) is 4.31 Å². The Morgan fingerprint density at radius 2 is 1.89 bits per heavy atom. The second kappa shape index (κ2) is 4.87. The molecule has 19 heavy (non-hydrogen) atoms. The molecule has 2 rings (SSSR count). The number of hydrogen-bond acceptors (Lipinski definition) is 6. The van der Waals surface area contributed by atoms with E-state index in [1.54, 1.807) is 0 Å². The lowest BCUT2D eigenvalue weighted by Crippen LogP contribution is -2.29. The quantitative estimate of drug-likeness (QED) is 0.664. The first-order valence-corrected chi connectivity index (χ1v) is 7.35. The minimum Gasteiger partial charge on any atom is -0.475 e. The van der Waals surface area contributed by atoms with E-state index in [1.807, 2.05) is 0 Å². The first-order valence-electron chi connectivity index (χ1n) is 5.12. The van der Waals surface area contributed by atoms with E-state index in [2.05, 4.69) is 15.9 Å². The molecule has 2 atom stereocenters. The largest absolute Gasteiger partial charge is 0.475 e. The lowest BCUT2D eigenvalue weighted by Gasteiger charge is -2.14. The summed E-state index contributed by atoms with van der Waals surface area (Å²) in [5.41, 5.74) is 0. The van der Waals surface area contributed by atoms with Crippen LogP contribution in [0.15, 0.2) is 20.0 Å². The third-order valence-electron chi connectivity index (χ3n) is 2.71. The fourth-order valence-electron chi connectivity index (χ4n) is 1.70. The number of rotatable bonds is 3. The Balaban J connectivity index is 2.38. The maximum Gasteiger partial charge on any atom is 0.371 e. The number of β-amino-alcohol motifs (C(OH)–C–C–N with tert-alkyl or cyclic N) is 2. The van der Waals surface area contributed by atoms with Gasteiger partial charge in [0, 0.05) is 19.2 Å². The highest BCUT2D eigenvalue weighted by Gasteiger charge is 2.39. The summed E-state index contributed by atoms with van der Waals surface area (Å²) in [5, 5.41) is 27.4. The van der Waals surface area contributed by atoms with E-state index in [-0.39, 0.29) is 22.7 Å². The van der Waals surface area contributed by atoms with Gasteiger partial charge in [-0.1, -0.05) is 0 Å². The lowest BCUT2D eigenvalue weighted by molar-refractivity contribution is 0.0572. The van der Waals surface area contributed by atoms with Crippen molar-refractivity contribution >= 4 is 31.9 Å². The number of carbonyl (C=O) groups is 1. The monoisotopic (exact) mass is 355 g/mol. The molecule has 3 N–H and O–H groups in total. The van der Waals surface area contributed by atoms with E-state index < -0.39 is 34.0 Å². The van der Waals surface area contributed by atoms with Gasteiger partial charge in [-0.05, 0) is 15.9 Å². The fraction of sp³-hybridized carbons (Fsp3) is 0.444. The van der Waals surface area contributed by atoms with E-state index in [9.17, 15) is 23.4 Å². The van der Waals surface area contributed by atoms with Gasteiger partial charge in [0.25, 0.3) is 0 Å². The second-order valence-electron chi connectivity index (χ2n) is 4.01. The third-order valence-corrected chi connectivity index (χ3v) is 5.40. The van der Waals surface area contributed by atoms with Gasteiger partial charge in [-0.15, -0.1) is 0 Å². The number of halogens is 1. The minimum atomic E-state index is -4.04. The molecule has 2 unspecified atom stereocenters. The van der Waals surface area contributed by atoms with Gasteiger partial charge in [-0.25, -0.2) is 13.2 Å². The molecule has 1 aliphatic rings. The summed E-state index contributed by atoms with van der Waals surface area (Å²) in [4.78, 5) is 10.4. The Labute approximate surface area is 116 Å². The van der Waals surface area contributed by atoms with Crippen LogP contribution in [0.4, 0.5) is 0 Å². The van der Waals surface area contributed by atoms with Gasteiger partial charge in [-0.3, -0.25) is 0 Å². The van der Waals surface area contributed by atoms with Gasteiger partial charge in [0.15, 0.2) is 4.67 Å². The van der Waals surface area contributed by atoms with Gasteiger partial charge in [0.1, 0.15) is 4.90 Å². The Hall–Kier alpha value is -0.940. The van der Waals surface area contributed by atoms with Crippen LogP contribution in [0, 0.1) is 0 Å². The summed E-state index contributed by atoms with van der Waals surface area (Å²) >= 11 is 2.84. The topological polar surface area (TPSA) is 128 Å². The maximum absolute atomic E-state index is 12.2. The smallest absolute Gasteiger partial charge is 0.371 e. The van der Waals surface area contributed by atoms with Crippen molar-refractivity contribution in [3.8, 4) is 0 Å². The van der Waals surface area contributed by atoms with Gasteiger partial charge in [0.05, 0.1) is 12.2 Å². The van der Waals surface area contributed by atoms with Crippen LogP contribution in [0.2, 0.25) is 0 Å². The molecule has 1 saturated heterocycles. The summed E-state index contributed by atoms with van der Waals surface area (Å²) < 4.78 is 29.8. The first kappa shape index (κ1) is 14.5. The lowest BCUT2D eigenvalue weighted by atomic mass is 10.3. The van der Waals surface area contributed by atoms with Crippen molar-refractivity contribution < 1.29 is 32.9 Å². The molecule has 0 saturated carbocycles. The number of aromatic carboxylic acids is 1. The number of carboxylic acids is 1. The van der Waals surface area contributed by atoms with E-state index in [0.717, 1.165) is 10.4 Å². The SMILES string of the molecule is O=C(O)c1cc(S(=O)(=O)N2CC(O)C(O)C2)c(Br)o1. The molecular formula is C9H10BrNO7S. The first-order chi connectivity index (χ1) is 8.73. The number of carboxylic acid groups (broad SMARTS) is 1. The summed E-state index contributed by atoms with van der Waals surface area (Å²) in [6.07, 6.45) is -2.33. The second-order valence-corrected chi connectivity index (χ2v) is 6.64. The van der Waals surface area contributed by atoms with Crippen molar-refractivity contribution in [3.05, 3.63) is 16.5 Å². The highest BCUT2D eigenvalue weighted by Crippen LogP contribution is 2.30. The molecule has 1 fully saturated rings. The minimum absolute atomic E-state index is 0.235. The molecule has 106 valence electrons. The number of aliphatic hydroxyl groups is 2. The summed E-state index contributed by atoms with van der Waals surface area (Å²) in [7, 11) is -4.04. The summed E-state index contributed by atoms with van der Waals surface area (Å²) in [5.74, 6) is -1.92. The van der Waals surface area contributed by atoms with Crippen LogP contribution in [0.25, 0.3) is 0 Å². The normalized spacial score (nSPS) is 24.8. The molecule has 0 radical (unpaired) electrons. The van der Waals surface area contributed by atoms with Gasteiger partial charge in [0.2, 0.25) is 15.8 Å². The van der Waals surface area contributed by atoms with Crippen LogP contribution in [-0.4, -0.2) is 59.3 Å². The Morgan fingerprint density at radius 1 is 1.37 bits per heavy atom. The number of aliphatic hydroxyl groups excluding tert-OH is 2. The highest BCUT2D eigenvalue weighted by molar-refractivity contribution is 9.10. The van der Waals surface area contributed by atoms with Crippen LogP contribution < -0.4 is 0 Å². The molecule has 0 spiro atoms. The van der Waals surface area contributed by atoms with Crippen LogP contribution in [0.1, 0.15) is 10.6 Å². The number of nitrogens with zero attached hydrogens (tertiary/aromatic N) is 1. The number of sulfonamides is 1. The molecule has 1 aromatic heterocycles. The van der Waals surface area contributed by atoms with Crippen molar-refractivity contribution in [3.63, 3.8) is 0 Å². The van der Waals surface area contributed by atoms with Crippen LogP contribution in [0.5, 0.6) is 0 Å². The van der Waals surface area contributed by atoms with Crippen LogP contribution in [-0.2, 0) is 10.0 Å². The summed E-state index contributed by atoms with van der Waals surface area (Å²) in [6.45, 7) is -0.521. The number of furan rings is 1. The molecule has 0 amide bonds. The van der Waals surface area contributed by atoms with E-state index in [0.29, 0.717) is 0 Å². The molecule has 1 aliphatic heterocycles. The van der Waals surface area contributed by atoms with Gasteiger partial charge >= 0.3 is 5.97 Å². The standard InChI is InChI=1S/C9H10BrNO7S/c10-8-7(1-6(18-8)9(14)15)19(16,17)11-2-4(12)5(13)3-11/h1,4-5,12-13H,2-3H2,(H,14,15). The Bertz CT molecular complexity index is 600. The van der Waals surface area contributed by atoms with Gasteiger partial charge in [-0.2, -0.15) is 4.31 Å². The predicted molar refractivity (Wildman–Crippen MR) is 64.1 cm³/mol. The molecule has 0 bridgehead atoms. The average Bonchev–Trinajstić information content (AvgIpc) is 2.84. The molecular weight excluding hydrogens is 346 g/mol.